The van der Waals surface area contributed by atoms with E-state index in [-0.39, 0.29) is 6.54 Å². The maximum absolute atomic E-state index is 12.6. The minimum Gasteiger partial charge on any atom is -0.311 e. The van der Waals surface area contributed by atoms with Gasteiger partial charge in [-0.2, -0.15) is 24.5 Å². The molecule has 1 aromatic carbocycles. The number of nitrogens with one attached hydrogen (secondary N) is 1. The monoisotopic (exact) mass is 348 g/mol. The molecular weight excluding hydrogens is 337 g/mol. The molecule has 1 N–H and O–H groups in total. The fourth-order valence-electron chi connectivity index (χ4n) is 1.75. The standard InChI is InChI=1S/C14H12ClF3N2OS/c15-11-1-3-12(4-2-11)19-13(21)20(9-14(16,17)18)7-10-5-6-22-8-10/h1-6,8H,7,9H2,(H,19,21). The molecule has 0 radical (unpaired) electrons. The SMILES string of the molecule is O=C(Nc1ccc(Cl)cc1)N(Cc1ccsc1)CC(F)(F)F. The second kappa shape index (κ2) is 7.02. The van der Waals surface area contributed by atoms with Crippen LogP contribution in [0.1, 0.15) is 5.56 Å². The summed E-state index contributed by atoms with van der Waals surface area (Å²) in [4.78, 5) is 12.8. The number of carbonyl (C=O) groups is 1. The molecule has 1 aromatic heterocycles. The number of hydrogen-bond donors (Lipinski definition) is 1. The molecule has 0 aliphatic heterocycles. The van der Waals surface area contributed by atoms with Crippen LogP contribution in [-0.4, -0.2) is 23.7 Å². The summed E-state index contributed by atoms with van der Waals surface area (Å²) in [6.07, 6.45) is -4.46. The largest absolute Gasteiger partial charge is 0.406 e. The van der Waals surface area contributed by atoms with E-state index in [1.807, 2.05) is 0 Å². The van der Waals surface area contributed by atoms with Crippen LogP contribution in [0.5, 0.6) is 0 Å². The quantitative estimate of drug-likeness (QED) is 0.828. The zero-order chi connectivity index (χ0) is 16.2. The van der Waals surface area contributed by atoms with Gasteiger partial charge in [-0.05, 0) is 46.7 Å². The lowest BCUT2D eigenvalue weighted by atomic mass is 10.3. The van der Waals surface area contributed by atoms with E-state index < -0.39 is 18.8 Å². The third-order valence-electron chi connectivity index (χ3n) is 2.71. The Hall–Kier alpha value is -1.73. The summed E-state index contributed by atoms with van der Waals surface area (Å²) in [5.41, 5.74) is 1.03. The van der Waals surface area contributed by atoms with Crippen LogP contribution in [0.25, 0.3) is 0 Å². The molecule has 1 heterocycles. The molecule has 22 heavy (non-hydrogen) atoms. The van der Waals surface area contributed by atoms with Gasteiger partial charge in [-0.25, -0.2) is 4.79 Å². The van der Waals surface area contributed by atoms with E-state index in [9.17, 15) is 18.0 Å². The highest BCUT2D eigenvalue weighted by Crippen LogP contribution is 2.20. The van der Waals surface area contributed by atoms with Crippen LogP contribution in [0.15, 0.2) is 41.1 Å². The maximum atomic E-state index is 12.6. The van der Waals surface area contributed by atoms with Crippen molar-refractivity contribution in [3.63, 3.8) is 0 Å². The first-order valence-electron chi connectivity index (χ1n) is 6.23. The third-order valence-corrected chi connectivity index (χ3v) is 3.69. The van der Waals surface area contributed by atoms with Crippen LogP contribution >= 0.6 is 22.9 Å². The van der Waals surface area contributed by atoms with Crippen LogP contribution in [-0.2, 0) is 6.54 Å². The number of urea groups is 1. The number of halogens is 4. The molecule has 8 heteroatoms. The van der Waals surface area contributed by atoms with Crippen molar-refractivity contribution in [3.05, 3.63) is 51.7 Å². The van der Waals surface area contributed by atoms with Crippen LogP contribution in [0.4, 0.5) is 23.7 Å². The van der Waals surface area contributed by atoms with Gasteiger partial charge in [0.05, 0.1) is 0 Å². The van der Waals surface area contributed by atoms with Crippen LogP contribution in [0.2, 0.25) is 5.02 Å². The Labute approximate surface area is 134 Å². The molecule has 0 bridgehead atoms. The number of nitrogens with zero attached hydrogens (tertiary/aromatic N) is 1. The van der Waals surface area contributed by atoms with Crippen LogP contribution in [0, 0.1) is 0 Å². The molecule has 0 saturated carbocycles. The van der Waals surface area contributed by atoms with Crippen molar-refractivity contribution in [1.29, 1.82) is 0 Å². The molecule has 0 aliphatic rings. The number of amides is 2. The van der Waals surface area contributed by atoms with E-state index in [2.05, 4.69) is 5.32 Å². The number of benzene rings is 1. The van der Waals surface area contributed by atoms with Crippen molar-refractivity contribution in [2.75, 3.05) is 11.9 Å². The van der Waals surface area contributed by atoms with Crippen LogP contribution in [0.3, 0.4) is 0 Å². The molecule has 118 valence electrons. The molecule has 2 rings (SSSR count). The van der Waals surface area contributed by atoms with Gasteiger partial charge < -0.3 is 10.2 Å². The summed E-state index contributed by atoms with van der Waals surface area (Å²) >= 11 is 7.08. The third kappa shape index (κ3) is 5.23. The van der Waals surface area contributed by atoms with Gasteiger partial charge in [0.2, 0.25) is 0 Å². The average Bonchev–Trinajstić information content (AvgIpc) is 2.92. The normalized spacial score (nSPS) is 11.3. The second-order valence-corrected chi connectivity index (χ2v) is 5.76. The number of hydrogen-bond acceptors (Lipinski definition) is 2. The zero-order valence-corrected chi connectivity index (χ0v) is 12.8. The highest BCUT2D eigenvalue weighted by Gasteiger charge is 2.33. The smallest absolute Gasteiger partial charge is 0.311 e. The number of anilines is 1. The fourth-order valence-corrected chi connectivity index (χ4v) is 2.54. The number of alkyl halides is 3. The van der Waals surface area contributed by atoms with Crippen molar-refractivity contribution in [1.82, 2.24) is 4.90 Å². The van der Waals surface area contributed by atoms with Gasteiger partial charge in [0.25, 0.3) is 0 Å². The Morgan fingerprint density at radius 1 is 1.23 bits per heavy atom. The lowest BCUT2D eigenvalue weighted by molar-refractivity contribution is -0.140. The number of carbonyl (C=O) groups excluding carboxylic acids is 1. The summed E-state index contributed by atoms with van der Waals surface area (Å²) in [6, 6.07) is 7.01. The lowest BCUT2D eigenvalue weighted by Gasteiger charge is -2.24. The highest BCUT2D eigenvalue weighted by molar-refractivity contribution is 7.07. The Morgan fingerprint density at radius 3 is 2.45 bits per heavy atom. The first kappa shape index (κ1) is 16.6. The van der Waals surface area contributed by atoms with E-state index >= 15 is 0 Å². The van der Waals surface area contributed by atoms with Crippen molar-refractivity contribution in [3.8, 4) is 0 Å². The van der Waals surface area contributed by atoms with Gasteiger partial charge in [-0.15, -0.1) is 0 Å². The van der Waals surface area contributed by atoms with E-state index in [0.717, 1.165) is 4.90 Å². The number of thiophene rings is 1. The molecule has 0 unspecified atom stereocenters. The van der Waals surface area contributed by atoms with Gasteiger partial charge in [-0.3, -0.25) is 0 Å². The molecular formula is C14H12ClF3N2OS. The van der Waals surface area contributed by atoms with Gasteiger partial charge in [0.1, 0.15) is 6.54 Å². The predicted octanol–water partition coefficient (Wildman–Crippen LogP) is 5.00. The predicted molar refractivity (Wildman–Crippen MR) is 81.3 cm³/mol. The summed E-state index contributed by atoms with van der Waals surface area (Å²) in [5.74, 6) is 0. The van der Waals surface area contributed by atoms with E-state index in [1.54, 1.807) is 29.0 Å². The van der Waals surface area contributed by atoms with E-state index in [4.69, 9.17) is 11.6 Å². The van der Waals surface area contributed by atoms with Crippen molar-refractivity contribution < 1.29 is 18.0 Å². The minimum atomic E-state index is -4.46. The van der Waals surface area contributed by atoms with E-state index in [1.165, 1.54) is 23.5 Å². The van der Waals surface area contributed by atoms with Gasteiger partial charge in [0, 0.05) is 17.3 Å². The summed E-state index contributed by atoms with van der Waals surface area (Å²) in [7, 11) is 0. The second-order valence-electron chi connectivity index (χ2n) is 4.54. The Bertz CT molecular complexity index is 614. The van der Waals surface area contributed by atoms with Crippen LogP contribution < -0.4 is 5.32 Å². The first-order chi connectivity index (χ1) is 10.3. The Balaban J connectivity index is 2.09. The van der Waals surface area contributed by atoms with Crippen molar-refractivity contribution >= 4 is 34.7 Å². The molecule has 0 fully saturated rings. The summed E-state index contributed by atoms with van der Waals surface area (Å²) in [5, 5.41) is 6.37. The van der Waals surface area contributed by atoms with E-state index in [0.29, 0.717) is 16.3 Å². The Kier molecular flexibility index (Phi) is 5.31. The molecule has 2 amide bonds. The fraction of sp³-hybridized carbons (Fsp3) is 0.214. The summed E-state index contributed by atoms with van der Waals surface area (Å²) < 4.78 is 37.9. The number of rotatable bonds is 4. The average molecular weight is 349 g/mol. The van der Waals surface area contributed by atoms with Crippen molar-refractivity contribution in [2.45, 2.75) is 12.7 Å². The molecule has 0 aliphatic carbocycles. The first-order valence-corrected chi connectivity index (χ1v) is 7.55. The Morgan fingerprint density at radius 2 is 1.91 bits per heavy atom. The molecule has 0 atom stereocenters. The lowest BCUT2D eigenvalue weighted by Crippen LogP contribution is -2.40. The molecule has 3 nitrogen and oxygen atoms in total. The molecule has 2 aromatic rings. The van der Waals surface area contributed by atoms with Crippen molar-refractivity contribution in [2.24, 2.45) is 0 Å². The topological polar surface area (TPSA) is 32.3 Å². The molecule has 0 spiro atoms. The molecule has 0 saturated heterocycles. The minimum absolute atomic E-state index is 0.109. The zero-order valence-electron chi connectivity index (χ0n) is 11.2. The van der Waals surface area contributed by atoms with Gasteiger partial charge in [0.15, 0.2) is 0 Å². The maximum Gasteiger partial charge on any atom is 0.406 e. The highest BCUT2D eigenvalue weighted by atomic mass is 35.5. The van der Waals surface area contributed by atoms with Gasteiger partial charge in [-0.1, -0.05) is 11.6 Å². The van der Waals surface area contributed by atoms with Gasteiger partial charge >= 0.3 is 12.2 Å². The summed E-state index contributed by atoms with van der Waals surface area (Å²) in [6.45, 7) is -1.43.